The Morgan fingerprint density at radius 3 is 1.57 bits per heavy atom. The van der Waals surface area contributed by atoms with Crippen molar-refractivity contribution in [1.82, 2.24) is 0 Å². The lowest BCUT2D eigenvalue weighted by molar-refractivity contribution is -0.202. The monoisotopic (exact) mass is 226 g/mol. The van der Waals surface area contributed by atoms with Crippen molar-refractivity contribution in [3.63, 3.8) is 0 Å². The van der Waals surface area contributed by atoms with Crippen LogP contribution in [-0.4, -0.2) is 66.5 Å². The first-order valence-corrected chi connectivity index (χ1v) is 5.37. The number of aliphatic hydroxyl groups is 2. The van der Waals surface area contributed by atoms with Gasteiger partial charge in [0.1, 0.15) is 6.10 Å². The fraction of sp³-hybridized carbons (Fsp3) is 1.00. The average Bonchev–Trinajstić information content (AvgIpc) is 2.27. The molecule has 0 spiro atoms. The lowest BCUT2D eigenvalue weighted by atomic mass is 10.4. The van der Waals surface area contributed by atoms with Crippen molar-refractivity contribution in [3.05, 3.63) is 0 Å². The Labute approximate surface area is 88.4 Å². The molecule has 6 heteroatoms. The number of rotatable bonds is 5. The smallest absolute Gasteiger partial charge is 0.165 e. The van der Waals surface area contributed by atoms with Gasteiger partial charge in [-0.05, 0) is 6.92 Å². The van der Waals surface area contributed by atoms with E-state index in [1.165, 1.54) is 0 Å². The number of ether oxygens (including phenoxy) is 3. The molecule has 0 heterocycles. The van der Waals surface area contributed by atoms with Crippen molar-refractivity contribution >= 4 is 10.2 Å². The van der Waals surface area contributed by atoms with Gasteiger partial charge in [0.15, 0.2) is 5.41 Å². The van der Waals surface area contributed by atoms with Crippen molar-refractivity contribution < 1.29 is 24.4 Å². The average molecular weight is 226 g/mol. The molecule has 0 saturated heterocycles. The Bertz CT molecular complexity index is 116. The van der Waals surface area contributed by atoms with E-state index in [-0.39, 0.29) is 19.3 Å². The highest BCUT2D eigenvalue weighted by atomic mass is 28.1. The normalized spacial score (nSPS) is 13.3. The van der Waals surface area contributed by atoms with E-state index in [4.69, 9.17) is 24.4 Å². The Morgan fingerprint density at radius 2 is 1.50 bits per heavy atom. The summed E-state index contributed by atoms with van der Waals surface area (Å²) in [5, 5.41) is 15.2. The van der Waals surface area contributed by atoms with Crippen LogP contribution in [-0.2, 0) is 14.2 Å². The second kappa shape index (κ2) is 9.57. The van der Waals surface area contributed by atoms with Crippen molar-refractivity contribution in [2.75, 3.05) is 34.5 Å². The molecule has 1 unspecified atom stereocenters. The van der Waals surface area contributed by atoms with Crippen molar-refractivity contribution in [2.24, 2.45) is 0 Å². The van der Waals surface area contributed by atoms with Gasteiger partial charge in [0, 0.05) is 21.3 Å². The summed E-state index contributed by atoms with van der Waals surface area (Å²) >= 11 is 0. The molecular weight excluding hydrogens is 204 g/mol. The SMILES string of the molecule is COC(C)C([SiH3])(OC)OC.OCCO. The van der Waals surface area contributed by atoms with Gasteiger partial charge in [-0.3, -0.25) is 0 Å². The Kier molecular flexibility index (Phi) is 11.2. The maximum atomic E-state index is 7.62. The minimum absolute atomic E-state index is 0.00540. The fourth-order valence-electron chi connectivity index (χ4n) is 0.629. The van der Waals surface area contributed by atoms with Gasteiger partial charge in [0.05, 0.1) is 23.5 Å². The predicted molar refractivity (Wildman–Crippen MR) is 57.3 cm³/mol. The number of hydrogen-bond acceptors (Lipinski definition) is 5. The number of hydrogen-bond donors (Lipinski definition) is 2. The molecule has 0 radical (unpaired) electrons. The summed E-state index contributed by atoms with van der Waals surface area (Å²) in [6.07, 6.45) is -0.00540. The van der Waals surface area contributed by atoms with Crippen LogP contribution in [0.4, 0.5) is 0 Å². The summed E-state index contributed by atoms with van der Waals surface area (Å²) < 4.78 is 15.4. The first-order valence-electron chi connectivity index (χ1n) is 4.37. The third-order valence-corrected chi connectivity index (χ3v) is 3.63. The fourth-order valence-corrected chi connectivity index (χ4v) is 0.865. The van der Waals surface area contributed by atoms with Crippen LogP contribution in [0.1, 0.15) is 6.92 Å². The lowest BCUT2D eigenvalue weighted by Crippen LogP contribution is -2.45. The molecule has 0 aliphatic carbocycles. The third-order valence-electron chi connectivity index (χ3n) is 2.00. The van der Waals surface area contributed by atoms with Gasteiger partial charge in [0.25, 0.3) is 0 Å². The van der Waals surface area contributed by atoms with E-state index in [1.54, 1.807) is 21.3 Å². The first-order chi connectivity index (χ1) is 6.52. The molecule has 0 bridgehead atoms. The molecule has 0 aromatic heterocycles. The van der Waals surface area contributed by atoms with E-state index in [0.29, 0.717) is 0 Å². The van der Waals surface area contributed by atoms with Crippen LogP contribution < -0.4 is 0 Å². The van der Waals surface area contributed by atoms with Crippen LogP contribution in [0, 0.1) is 0 Å². The van der Waals surface area contributed by atoms with Gasteiger partial charge in [-0.25, -0.2) is 0 Å². The zero-order chi connectivity index (χ0) is 11.6. The minimum atomic E-state index is -0.491. The summed E-state index contributed by atoms with van der Waals surface area (Å²) in [6, 6.07) is 0. The summed E-state index contributed by atoms with van der Waals surface area (Å²) in [6.45, 7) is 1.68. The summed E-state index contributed by atoms with van der Waals surface area (Å²) in [5.74, 6) is 0. The standard InChI is InChI=1S/C6H16O3Si.C2H6O2/c1-5(7-2)6(10,8-3)9-4;3-1-2-4/h5H,1-4,10H3;3-4H,1-2H2. The Morgan fingerprint density at radius 1 is 1.14 bits per heavy atom. The molecule has 0 saturated carbocycles. The summed E-state index contributed by atoms with van der Waals surface area (Å²) in [4.78, 5) is 0. The molecule has 2 N–H and O–H groups in total. The molecule has 0 aromatic rings. The molecule has 0 aliphatic heterocycles. The van der Waals surface area contributed by atoms with E-state index < -0.39 is 5.41 Å². The molecule has 1 atom stereocenters. The Hall–Kier alpha value is 0.0169. The van der Waals surface area contributed by atoms with Crippen LogP contribution >= 0.6 is 0 Å². The van der Waals surface area contributed by atoms with Crippen LogP contribution in [0.15, 0.2) is 0 Å². The minimum Gasteiger partial charge on any atom is -0.394 e. The Balaban J connectivity index is 0. The molecule has 88 valence electrons. The molecule has 14 heavy (non-hydrogen) atoms. The number of aliphatic hydroxyl groups excluding tert-OH is 2. The molecule has 0 rings (SSSR count). The van der Waals surface area contributed by atoms with Crippen LogP contribution in [0.5, 0.6) is 0 Å². The van der Waals surface area contributed by atoms with Gasteiger partial charge >= 0.3 is 0 Å². The summed E-state index contributed by atoms with van der Waals surface area (Å²) in [7, 11) is 5.70. The third kappa shape index (κ3) is 6.47. The topological polar surface area (TPSA) is 68.2 Å². The highest BCUT2D eigenvalue weighted by molar-refractivity contribution is 6.13. The first kappa shape index (κ1) is 16.4. The van der Waals surface area contributed by atoms with E-state index in [9.17, 15) is 0 Å². The quantitative estimate of drug-likeness (QED) is 0.432. The second-order valence-corrected chi connectivity index (χ2v) is 4.14. The van der Waals surface area contributed by atoms with E-state index >= 15 is 0 Å². The maximum absolute atomic E-state index is 7.62. The van der Waals surface area contributed by atoms with Gasteiger partial charge in [-0.15, -0.1) is 0 Å². The zero-order valence-corrected chi connectivity index (χ0v) is 11.6. The lowest BCUT2D eigenvalue weighted by Gasteiger charge is -2.31. The van der Waals surface area contributed by atoms with E-state index in [0.717, 1.165) is 10.2 Å². The predicted octanol–water partition coefficient (Wildman–Crippen LogP) is -1.70. The van der Waals surface area contributed by atoms with Crippen LogP contribution in [0.25, 0.3) is 0 Å². The molecule has 0 aromatic carbocycles. The largest absolute Gasteiger partial charge is 0.394 e. The number of methoxy groups -OCH3 is 3. The van der Waals surface area contributed by atoms with Crippen LogP contribution in [0.2, 0.25) is 0 Å². The van der Waals surface area contributed by atoms with Gasteiger partial charge in [-0.1, -0.05) is 0 Å². The maximum Gasteiger partial charge on any atom is 0.165 e. The summed E-state index contributed by atoms with van der Waals surface area (Å²) in [5.41, 5.74) is -0.491. The molecule has 5 nitrogen and oxygen atoms in total. The van der Waals surface area contributed by atoms with Crippen molar-refractivity contribution in [1.29, 1.82) is 0 Å². The second-order valence-electron chi connectivity index (χ2n) is 2.75. The highest BCUT2D eigenvalue weighted by Crippen LogP contribution is 2.13. The van der Waals surface area contributed by atoms with Crippen molar-refractivity contribution in [2.45, 2.75) is 18.4 Å². The van der Waals surface area contributed by atoms with Gasteiger partial charge in [0.2, 0.25) is 0 Å². The van der Waals surface area contributed by atoms with Crippen LogP contribution in [0.3, 0.4) is 0 Å². The highest BCUT2D eigenvalue weighted by Gasteiger charge is 2.29. The van der Waals surface area contributed by atoms with Crippen molar-refractivity contribution in [3.8, 4) is 0 Å². The molecular formula is C8H22O5Si. The molecule has 0 aliphatic rings. The molecule has 0 fully saturated rings. The molecule has 0 amide bonds. The van der Waals surface area contributed by atoms with E-state index in [2.05, 4.69) is 0 Å². The van der Waals surface area contributed by atoms with Gasteiger partial charge < -0.3 is 24.4 Å². The van der Waals surface area contributed by atoms with Gasteiger partial charge in [-0.2, -0.15) is 0 Å². The van der Waals surface area contributed by atoms with E-state index in [1.807, 2.05) is 6.92 Å². The zero-order valence-electron chi connectivity index (χ0n) is 9.61.